The lowest BCUT2D eigenvalue weighted by Crippen LogP contribution is -2.54. The van der Waals surface area contributed by atoms with E-state index in [0.29, 0.717) is 0 Å². The van der Waals surface area contributed by atoms with Gasteiger partial charge in [-0.15, -0.1) is 0 Å². The SMILES string of the molecule is CC(=O)Nc1c(OCCN=[N+]=[N-])ccc2c1C(=O)N(C1CCC(=O)NC1=O)C2=O. The van der Waals surface area contributed by atoms with Crippen molar-refractivity contribution in [1.29, 1.82) is 0 Å². The van der Waals surface area contributed by atoms with E-state index in [0.717, 1.165) is 4.90 Å². The van der Waals surface area contributed by atoms with Gasteiger partial charge in [-0.3, -0.25) is 34.2 Å². The second kappa shape index (κ2) is 7.98. The quantitative estimate of drug-likeness (QED) is 0.234. The Kier molecular flexibility index (Phi) is 5.46. The second-order valence-corrected chi connectivity index (χ2v) is 6.29. The lowest BCUT2D eigenvalue weighted by atomic mass is 10.0. The van der Waals surface area contributed by atoms with Crippen molar-refractivity contribution in [1.82, 2.24) is 10.2 Å². The Bertz CT molecular complexity index is 983. The van der Waals surface area contributed by atoms with Gasteiger partial charge in [0.2, 0.25) is 17.7 Å². The molecule has 0 radical (unpaired) electrons. The number of amides is 5. The number of hydrogen-bond donors (Lipinski definition) is 2. The van der Waals surface area contributed by atoms with Gasteiger partial charge >= 0.3 is 0 Å². The topological polar surface area (TPSA) is 171 Å². The minimum atomic E-state index is -1.13. The van der Waals surface area contributed by atoms with E-state index in [1.54, 1.807) is 0 Å². The van der Waals surface area contributed by atoms with E-state index < -0.39 is 35.6 Å². The summed E-state index contributed by atoms with van der Waals surface area (Å²) < 4.78 is 5.48. The number of anilines is 1. The molecule has 1 saturated heterocycles. The van der Waals surface area contributed by atoms with Crippen LogP contribution in [0.1, 0.15) is 40.5 Å². The fourth-order valence-corrected chi connectivity index (χ4v) is 3.20. The van der Waals surface area contributed by atoms with Gasteiger partial charge in [-0.1, -0.05) is 5.11 Å². The van der Waals surface area contributed by atoms with Crippen LogP contribution >= 0.6 is 0 Å². The number of azide groups is 1. The van der Waals surface area contributed by atoms with Gasteiger partial charge in [0, 0.05) is 18.3 Å². The van der Waals surface area contributed by atoms with Crippen LogP contribution in [0.3, 0.4) is 0 Å². The smallest absolute Gasteiger partial charge is 0.264 e. The van der Waals surface area contributed by atoms with Crippen molar-refractivity contribution < 1.29 is 28.7 Å². The average Bonchev–Trinajstić information content (AvgIpc) is 2.91. The number of nitrogens with one attached hydrogen (secondary N) is 2. The molecule has 12 heteroatoms. The summed E-state index contributed by atoms with van der Waals surface area (Å²) in [7, 11) is 0. The van der Waals surface area contributed by atoms with Crippen molar-refractivity contribution in [2.45, 2.75) is 25.8 Å². The van der Waals surface area contributed by atoms with E-state index in [1.165, 1.54) is 19.1 Å². The molecule has 0 spiro atoms. The third-order valence-electron chi connectivity index (χ3n) is 4.38. The molecule has 1 aromatic carbocycles. The molecule has 0 aromatic heterocycles. The van der Waals surface area contributed by atoms with Crippen LogP contribution < -0.4 is 15.4 Å². The minimum absolute atomic E-state index is 0.00383. The van der Waals surface area contributed by atoms with Gasteiger partial charge in [-0.05, 0) is 24.1 Å². The predicted octanol–water partition coefficient (Wildman–Crippen LogP) is 0.735. The Hall–Kier alpha value is -3.92. The third kappa shape index (κ3) is 3.73. The Morgan fingerprint density at radius 3 is 2.76 bits per heavy atom. The van der Waals surface area contributed by atoms with Crippen molar-refractivity contribution in [3.8, 4) is 5.75 Å². The summed E-state index contributed by atoms with van der Waals surface area (Å²) in [5.74, 6) is -3.08. The molecule has 5 amide bonds. The highest BCUT2D eigenvalue weighted by molar-refractivity contribution is 6.26. The molecular formula is C17H16N6O6. The molecular weight excluding hydrogens is 384 g/mol. The first kappa shape index (κ1) is 19.8. The van der Waals surface area contributed by atoms with Crippen LogP contribution in [0, 0.1) is 0 Å². The van der Waals surface area contributed by atoms with Gasteiger partial charge in [0.25, 0.3) is 11.8 Å². The molecule has 2 N–H and O–H groups in total. The Balaban J connectivity index is 1.98. The fraction of sp³-hybridized carbons (Fsp3) is 0.353. The molecule has 1 aromatic rings. The molecule has 2 heterocycles. The summed E-state index contributed by atoms with van der Waals surface area (Å²) in [6, 6.07) is 1.63. The lowest BCUT2D eigenvalue weighted by Gasteiger charge is -2.27. The van der Waals surface area contributed by atoms with Gasteiger partial charge in [-0.2, -0.15) is 0 Å². The molecule has 150 valence electrons. The van der Waals surface area contributed by atoms with E-state index in [2.05, 4.69) is 20.7 Å². The highest BCUT2D eigenvalue weighted by atomic mass is 16.5. The first-order valence-corrected chi connectivity index (χ1v) is 8.65. The Labute approximate surface area is 163 Å². The first-order valence-electron chi connectivity index (χ1n) is 8.65. The van der Waals surface area contributed by atoms with Crippen LogP contribution in [0.2, 0.25) is 0 Å². The monoisotopic (exact) mass is 400 g/mol. The van der Waals surface area contributed by atoms with E-state index in [-0.39, 0.29) is 48.6 Å². The van der Waals surface area contributed by atoms with Gasteiger partial charge in [0.15, 0.2) is 0 Å². The van der Waals surface area contributed by atoms with Gasteiger partial charge in [0.05, 0.1) is 30.0 Å². The van der Waals surface area contributed by atoms with E-state index in [4.69, 9.17) is 10.3 Å². The van der Waals surface area contributed by atoms with Crippen LogP contribution in [0.25, 0.3) is 10.4 Å². The van der Waals surface area contributed by atoms with Crippen molar-refractivity contribution >= 4 is 35.2 Å². The third-order valence-corrected chi connectivity index (χ3v) is 4.38. The van der Waals surface area contributed by atoms with Crippen molar-refractivity contribution in [3.63, 3.8) is 0 Å². The molecule has 2 aliphatic rings. The molecule has 12 nitrogen and oxygen atoms in total. The van der Waals surface area contributed by atoms with Gasteiger partial charge in [-0.25, -0.2) is 0 Å². The highest BCUT2D eigenvalue weighted by Crippen LogP contribution is 2.38. The maximum Gasteiger partial charge on any atom is 0.264 e. The number of carbonyl (C=O) groups excluding carboxylic acids is 5. The zero-order valence-corrected chi connectivity index (χ0v) is 15.3. The highest BCUT2D eigenvalue weighted by Gasteiger charge is 2.46. The largest absolute Gasteiger partial charge is 0.491 e. The molecule has 1 unspecified atom stereocenters. The molecule has 2 aliphatic heterocycles. The van der Waals surface area contributed by atoms with Crippen LogP contribution in [-0.2, 0) is 14.4 Å². The lowest BCUT2D eigenvalue weighted by molar-refractivity contribution is -0.136. The molecule has 3 rings (SSSR count). The molecule has 0 saturated carbocycles. The number of fused-ring (bicyclic) bond motifs is 1. The van der Waals surface area contributed by atoms with E-state index >= 15 is 0 Å². The maximum atomic E-state index is 13.0. The fourth-order valence-electron chi connectivity index (χ4n) is 3.20. The van der Waals surface area contributed by atoms with Gasteiger partial charge in [0.1, 0.15) is 11.8 Å². The number of rotatable bonds is 6. The zero-order chi connectivity index (χ0) is 21.1. The van der Waals surface area contributed by atoms with Crippen molar-refractivity contribution in [2.24, 2.45) is 5.11 Å². The van der Waals surface area contributed by atoms with Crippen molar-refractivity contribution in [3.05, 3.63) is 33.7 Å². The number of benzene rings is 1. The summed E-state index contributed by atoms with van der Waals surface area (Å²) in [6.07, 6.45) is 0.0112. The standard InChI is InChI=1S/C17H16N6O6/c1-8(24)20-14-11(29-7-6-19-22-18)4-2-9-13(14)17(28)23(16(9)27)10-3-5-12(25)21-15(10)26/h2,4,10H,3,5-7H2,1H3,(H,20,24)(H,21,25,26). The number of imide groups is 2. The van der Waals surface area contributed by atoms with E-state index in [9.17, 15) is 24.0 Å². The zero-order valence-electron chi connectivity index (χ0n) is 15.3. The normalized spacial score (nSPS) is 18.1. The molecule has 0 aliphatic carbocycles. The number of ether oxygens (including phenoxy) is 1. The molecule has 29 heavy (non-hydrogen) atoms. The number of carbonyl (C=O) groups is 5. The maximum absolute atomic E-state index is 13.0. The van der Waals surface area contributed by atoms with Gasteiger partial charge < -0.3 is 10.1 Å². The van der Waals surface area contributed by atoms with Crippen molar-refractivity contribution in [2.75, 3.05) is 18.5 Å². The number of piperidine rings is 1. The summed E-state index contributed by atoms with van der Waals surface area (Å²) in [4.78, 5) is 64.4. The summed E-state index contributed by atoms with van der Waals surface area (Å²) >= 11 is 0. The molecule has 1 atom stereocenters. The van der Waals surface area contributed by atoms with Crippen LogP contribution in [0.4, 0.5) is 5.69 Å². The second-order valence-electron chi connectivity index (χ2n) is 6.29. The molecule has 1 fully saturated rings. The number of hydrogen-bond acceptors (Lipinski definition) is 7. The predicted molar refractivity (Wildman–Crippen MR) is 96.9 cm³/mol. The summed E-state index contributed by atoms with van der Waals surface area (Å²) in [6.45, 7) is 1.22. The Morgan fingerprint density at radius 2 is 2.10 bits per heavy atom. The van der Waals surface area contributed by atoms with Crippen LogP contribution in [0.5, 0.6) is 5.75 Å². The molecule has 0 bridgehead atoms. The van der Waals surface area contributed by atoms with Crippen LogP contribution in [-0.4, -0.2) is 53.6 Å². The minimum Gasteiger partial charge on any atom is -0.491 e. The summed E-state index contributed by atoms with van der Waals surface area (Å²) in [5, 5.41) is 7.93. The average molecular weight is 400 g/mol. The number of nitrogens with zero attached hydrogens (tertiary/aromatic N) is 4. The van der Waals surface area contributed by atoms with E-state index in [1.807, 2.05) is 0 Å². The Morgan fingerprint density at radius 1 is 1.34 bits per heavy atom. The van der Waals surface area contributed by atoms with Crippen LogP contribution in [0.15, 0.2) is 17.2 Å². The summed E-state index contributed by atoms with van der Waals surface area (Å²) in [5.41, 5.74) is 8.22. The first-order chi connectivity index (χ1) is 13.8.